The van der Waals surface area contributed by atoms with E-state index in [0.29, 0.717) is 19.6 Å². The van der Waals surface area contributed by atoms with Gasteiger partial charge in [-0.3, -0.25) is 9.69 Å². The smallest absolute Gasteiger partial charge is 0.407 e. The molecule has 3 heterocycles. The second-order valence-electron chi connectivity index (χ2n) is 7.95. The van der Waals surface area contributed by atoms with Crippen molar-refractivity contribution < 1.29 is 14.3 Å². The van der Waals surface area contributed by atoms with Crippen molar-refractivity contribution in [3.8, 4) is 0 Å². The number of ether oxygens (including phenoxy) is 1. The van der Waals surface area contributed by atoms with Crippen molar-refractivity contribution in [3.63, 3.8) is 0 Å². The summed E-state index contributed by atoms with van der Waals surface area (Å²) in [5.41, 5.74) is 2.01. The Kier molecular flexibility index (Phi) is 4.95. The summed E-state index contributed by atoms with van der Waals surface area (Å²) < 4.78 is 5.47. The summed E-state index contributed by atoms with van der Waals surface area (Å²) in [7, 11) is 0. The van der Waals surface area contributed by atoms with Crippen LogP contribution in [-0.4, -0.2) is 79.8 Å². The number of anilines is 1. The third-order valence-electron chi connectivity index (χ3n) is 5.85. The van der Waals surface area contributed by atoms with Gasteiger partial charge in [0.25, 0.3) is 0 Å². The molecule has 2 amide bonds. The van der Waals surface area contributed by atoms with E-state index in [1.807, 2.05) is 4.90 Å². The highest BCUT2D eigenvalue weighted by molar-refractivity contribution is 5.79. The van der Waals surface area contributed by atoms with Gasteiger partial charge in [0, 0.05) is 38.4 Å². The van der Waals surface area contributed by atoms with Gasteiger partial charge in [-0.2, -0.15) is 0 Å². The summed E-state index contributed by atoms with van der Waals surface area (Å²) in [6.45, 7) is 7.95. The van der Waals surface area contributed by atoms with Gasteiger partial charge in [0.15, 0.2) is 0 Å². The molecule has 3 aliphatic rings. The minimum atomic E-state index is -0.519. The van der Waals surface area contributed by atoms with Gasteiger partial charge in [-0.15, -0.1) is 0 Å². The quantitative estimate of drug-likeness (QED) is 0.864. The van der Waals surface area contributed by atoms with Crippen LogP contribution in [-0.2, 0) is 9.53 Å². The number of piperazine rings is 1. The fraction of sp³-hybridized carbons (Fsp3) is 0.600. The van der Waals surface area contributed by atoms with Crippen LogP contribution in [0.15, 0.2) is 24.3 Å². The zero-order valence-corrected chi connectivity index (χ0v) is 15.9. The van der Waals surface area contributed by atoms with E-state index >= 15 is 0 Å². The van der Waals surface area contributed by atoms with Gasteiger partial charge in [0.1, 0.15) is 5.60 Å². The lowest BCUT2D eigenvalue weighted by atomic mass is 9.93. The first-order valence-corrected chi connectivity index (χ1v) is 9.82. The molecule has 0 unspecified atom stereocenters. The molecule has 1 aromatic rings. The first-order chi connectivity index (χ1) is 13.0. The molecule has 0 aromatic heterocycles. The van der Waals surface area contributed by atoms with Crippen LogP contribution in [0.4, 0.5) is 10.5 Å². The predicted molar refractivity (Wildman–Crippen MR) is 103 cm³/mol. The van der Waals surface area contributed by atoms with Gasteiger partial charge in [-0.05, 0) is 37.5 Å². The van der Waals surface area contributed by atoms with E-state index in [9.17, 15) is 9.59 Å². The lowest BCUT2D eigenvalue weighted by molar-refractivity contribution is -0.138. The topological polar surface area (TPSA) is 65.1 Å². The number of aryl methyl sites for hydroxylation is 1. The van der Waals surface area contributed by atoms with Crippen LogP contribution in [0, 0.1) is 6.92 Å². The number of alkyl carbamates (subject to hydrolysis) is 1. The maximum atomic E-state index is 12.8. The molecule has 27 heavy (non-hydrogen) atoms. The summed E-state index contributed by atoms with van der Waals surface area (Å²) in [6, 6.07) is 8.57. The minimum Gasteiger partial charge on any atom is -0.439 e. The molecule has 0 saturated carbocycles. The third-order valence-corrected chi connectivity index (χ3v) is 5.85. The van der Waals surface area contributed by atoms with Gasteiger partial charge < -0.3 is 19.9 Å². The fourth-order valence-corrected chi connectivity index (χ4v) is 4.32. The molecule has 3 fully saturated rings. The number of carbonyl (C=O) groups is 2. The van der Waals surface area contributed by atoms with Gasteiger partial charge >= 0.3 is 6.09 Å². The third kappa shape index (κ3) is 4.03. The summed E-state index contributed by atoms with van der Waals surface area (Å²) in [5, 5.41) is 2.73. The second-order valence-corrected chi connectivity index (χ2v) is 7.95. The van der Waals surface area contributed by atoms with Gasteiger partial charge in [0.05, 0.1) is 19.6 Å². The van der Waals surface area contributed by atoms with Crippen molar-refractivity contribution in [2.45, 2.75) is 25.4 Å². The van der Waals surface area contributed by atoms with E-state index in [0.717, 1.165) is 45.6 Å². The molecule has 7 heteroatoms. The standard InChI is InChI=1S/C20H28N4O3/c1-16-4-2-5-17(12-16)23-10-8-22(9-11-23)13-18(25)24-7-3-6-20(15-24)14-21-19(26)27-20/h2,4-5,12H,3,6-11,13-15H2,1H3,(H,21,26)/t20-/m0/s1. The van der Waals surface area contributed by atoms with Crippen LogP contribution in [0.5, 0.6) is 0 Å². The van der Waals surface area contributed by atoms with E-state index in [2.05, 4.69) is 46.3 Å². The van der Waals surface area contributed by atoms with Crippen molar-refractivity contribution in [1.29, 1.82) is 0 Å². The molecule has 0 aliphatic carbocycles. The normalized spacial score (nSPS) is 26.2. The van der Waals surface area contributed by atoms with Crippen LogP contribution in [0.2, 0.25) is 0 Å². The number of hydrogen-bond donors (Lipinski definition) is 1. The first-order valence-electron chi connectivity index (χ1n) is 9.82. The number of rotatable bonds is 3. The van der Waals surface area contributed by atoms with Crippen LogP contribution >= 0.6 is 0 Å². The summed E-state index contributed by atoms with van der Waals surface area (Å²) in [6.07, 6.45) is 1.34. The fourth-order valence-electron chi connectivity index (χ4n) is 4.32. The van der Waals surface area contributed by atoms with Gasteiger partial charge in [-0.25, -0.2) is 4.79 Å². The lowest BCUT2D eigenvalue weighted by Crippen LogP contribution is -2.55. The van der Waals surface area contributed by atoms with E-state index in [1.54, 1.807) is 0 Å². The molecule has 1 atom stereocenters. The average Bonchev–Trinajstić information content (AvgIpc) is 3.02. The molecule has 146 valence electrons. The van der Waals surface area contributed by atoms with Crippen molar-refractivity contribution >= 4 is 17.7 Å². The average molecular weight is 372 g/mol. The Labute approximate surface area is 160 Å². The van der Waals surface area contributed by atoms with E-state index in [1.165, 1.54) is 11.3 Å². The molecular weight excluding hydrogens is 344 g/mol. The molecule has 3 aliphatic heterocycles. The molecule has 1 N–H and O–H groups in total. The second kappa shape index (κ2) is 7.38. The zero-order chi connectivity index (χ0) is 18.9. The number of piperidine rings is 1. The van der Waals surface area contributed by atoms with Crippen molar-refractivity contribution in [3.05, 3.63) is 29.8 Å². The molecular formula is C20H28N4O3. The Hall–Kier alpha value is -2.28. The molecule has 0 radical (unpaired) electrons. The number of hydrogen-bond acceptors (Lipinski definition) is 5. The molecule has 1 spiro atoms. The molecule has 4 rings (SSSR count). The Bertz CT molecular complexity index is 717. The highest BCUT2D eigenvalue weighted by atomic mass is 16.6. The molecule has 1 aromatic carbocycles. The number of benzene rings is 1. The van der Waals surface area contributed by atoms with Gasteiger partial charge in [0.2, 0.25) is 5.91 Å². The molecule has 3 saturated heterocycles. The van der Waals surface area contributed by atoms with E-state index in [4.69, 9.17) is 4.74 Å². The predicted octanol–water partition coefficient (Wildman–Crippen LogP) is 1.22. The lowest BCUT2D eigenvalue weighted by Gasteiger charge is -2.40. The zero-order valence-electron chi connectivity index (χ0n) is 15.9. The van der Waals surface area contributed by atoms with Crippen molar-refractivity contribution in [2.24, 2.45) is 0 Å². The SMILES string of the molecule is Cc1cccc(N2CCN(CC(=O)N3CCC[C@]4(CNC(=O)O4)C3)CC2)c1. The minimum absolute atomic E-state index is 0.140. The van der Waals surface area contributed by atoms with Crippen LogP contribution in [0.25, 0.3) is 0 Å². The largest absolute Gasteiger partial charge is 0.439 e. The van der Waals surface area contributed by atoms with Crippen LogP contribution in [0.3, 0.4) is 0 Å². The number of carbonyl (C=O) groups excluding carboxylic acids is 2. The Morgan fingerprint density at radius 1 is 1.22 bits per heavy atom. The Morgan fingerprint density at radius 3 is 2.74 bits per heavy atom. The summed E-state index contributed by atoms with van der Waals surface area (Å²) in [4.78, 5) is 30.7. The number of nitrogens with zero attached hydrogens (tertiary/aromatic N) is 3. The molecule has 0 bridgehead atoms. The Balaban J connectivity index is 1.29. The summed E-state index contributed by atoms with van der Waals surface area (Å²) in [5.74, 6) is 0.140. The Morgan fingerprint density at radius 2 is 2.04 bits per heavy atom. The first kappa shape index (κ1) is 18.1. The van der Waals surface area contributed by atoms with Crippen molar-refractivity contribution in [1.82, 2.24) is 15.1 Å². The van der Waals surface area contributed by atoms with Crippen LogP contribution in [0.1, 0.15) is 18.4 Å². The molecule has 7 nitrogen and oxygen atoms in total. The maximum Gasteiger partial charge on any atom is 0.407 e. The maximum absolute atomic E-state index is 12.8. The summed E-state index contributed by atoms with van der Waals surface area (Å²) >= 11 is 0. The van der Waals surface area contributed by atoms with E-state index in [-0.39, 0.29) is 12.0 Å². The highest BCUT2D eigenvalue weighted by Crippen LogP contribution is 2.28. The van der Waals surface area contributed by atoms with Crippen molar-refractivity contribution in [2.75, 3.05) is 57.3 Å². The number of likely N-dealkylation sites (tertiary alicyclic amines) is 1. The van der Waals surface area contributed by atoms with Gasteiger partial charge in [-0.1, -0.05) is 12.1 Å². The van der Waals surface area contributed by atoms with E-state index < -0.39 is 5.60 Å². The highest BCUT2D eigenvalue weighted by Gasteiger charge is 2.44. The number of nitrogens with one attached hydrogen (secondary N) is 1. The number of amides is 2. The monoisotopic (exact) mass is 372 g/mol. The van der Waals surface area contributed by atoms with Crippen LogP contribution < -0.4 is 10.2 Å².